The molecular weight excluding hydrogens is 297 g/mol. The third kappa shape index (κ3) is 3.08. The van der Waals surface area contributed by atoms with Gasteiger partial charge in [0, 0.05) is 29.8 Å². The Bertz CT molecular complexity index is 788. The number of halogens is 1. The molecule has 0 amide bonds. The molecule has 0 aliphatic heterocycles. The molecule has 1 aromatic heterocycles. The lowest BCUT2D eigenvalue weighted by Crippen LogP contribution is -2.09. The van der Waals surface area contributed by atoms with Crippen LogP contribution in [-0.2, 0) is 14.6 Å². The van der Waals surface area contributed by atoms with Crippen LogP contribution in [-0.4, -0.2) is 32.7 Å². The van der Waals surface area contributed by atoms with Crippen LogP contribution in [0.1, 0.15) is 10.4 Å². The number of nitrogens with zero attached hydrogens (tertiary/aromatic N) is 1. The number of esters is 1. The number of carbonyl (C=O) groups excluding carboxylic acids is 1. The lowest BCUT2D eigenvalue weighted by atomic mass is 10.0. The predicted octanol–water partition coefficient (Wildman–Crippen LogP) is 2.08. The number of aromatic nitrogens is 1. The molecule has 0 saturated carbocycles. The van der Waals surface area contributed by atoms with E-state index in [1.165, 1.54) is 12.4 Å². The van der Waals surface area contributed by atoms with Crippen LogP contribution in [0.25, 0.3) is 11.1 Å². The van der Waals surface area contributed by atoms with Gasteiger partial charge >= 0.3 is 5.97 Å². The molecule has 2 aromatic rings. The van der Waals surface area contributed by atoms with Gasteiger partial charge in [0.2, 0.25) is 0 Å². The van der Waals surface area contributed by atoms with Crippen molar-refractivity contribution >= 4 is 15.8 Å². The van der Waals surface area contributed by atoms with Crippen molar-refractivity contribution in [3.05, 3.63) is 48.0 Å². The Morgan fingerprint density at radius 3 is 2.57 bits per heavy atom. The molecule has 0 bridgehead atoms. The molecule has 0 unspecified atom stereocenters. The van der Waals surface area contributed by atoms with E-state index >= 15 is 0 Å². The van der Waals surface area contributed by atoms with Gasteiger partial charge in [-0.15, -0.1) is 0 Å². The first-order valence-electron chi connectivity index (χ1n) is 5.87. The molecule has 0 atom stereocenters. The van der Waals surface area contributed by atoms with Crippen LogP contribution >= 0.6 is 0 Å². The summed E-state index contributed by atoms with van der Waals surface area (Å²) < 4.78 is 42.3. The van der Waals surface area contributed by atoms with Crippen molar-refractivity contribution in [1.82, 2.24) is 4.98 Å². The quantitative estimate of drug-likeness (QED) is 0.641. The zero-order valence-corrected chi connectivity index (χ0v) is 12.1. The average molecular weight is 309 g/mol. The zero-order chi connectivity index (χ0) is 15.6. The van der Waals surface area contributed by atoms with Crippen molar-refractivity contribution in [2.75, 3.05) is 13.4 Å². The monoisotopic (exact) mass is 309 g/mol. The Hall–Kier alpha value is -2.28. The van der Waals surface area contributed by atoms with Crippen LogP contribution in [0.15, 0.2) is 41.6 Å². The van der Waals surface area contributed by atoms with E-state index in [4.69, 9.17) is 0 Å². The average Bonchev–Trinajstić information content (AvgIpc) is 2.46. The Labute approximate surface area is 121 Å². The van der Waals surface area contributed by atoms with Crippen LogP contribution in [0.2, 0.25) is 0 Å². The van der Waals surface area contributed by atoms with E-state index in [0.717, 1.165) is 25.5 Å². The van der Waals surface area contributed by atoms with Gasteiger partial charge in [-0.25, -0.2) is 17.6 Å². The smallest absolute Gasteiger partial charge is 0.340 e. The maximum atomic E-state index is 14.0. The standard InChI is InChI=1S/C14H12FNO4S/c1-20-14(17)11-7-13(21(2,18)19)10(6-12(11)15)9-4-3-5-16-8-9/h3-8H,1-2H3. The molecule has 0 aliphatic carbocycles. The van der Waals surface area contributed by atoms with Crippen LogP contribution in [0.3, 0.4) is 0 Å². The van der Waals surface area contributed by atoms with Gasteiger partial charge < -0.3 is 4.74 Å². The van der Waals surface area contributed by atoms with Gasteiger partial charge in [0.1, 0.15) is 5.82 Å². The van der Waals surface area contributed by atoms with E-state index in [9.17, 15) is 17.6 Å². The molecule has 0 radical (unpaired) electrons. The summed E-state index contributed by atoms with van der Waals surface area (Å²) >= 11 is 0. The highest BCUT2D eigenvalue weighted by molar-refractivity contribution is 7.90. The number of benzene rings is 1. The van der Waals surface area contributed by atoms with Gasteiger partial charge in [0.05, 0.1) is 17.6 Å². The van der Waals surface area contributed by atoms with Crippen LogP contribution in [0, 0.1) is 5.82 Å². The number of rotatable bonds is 3. The Morgan fingerprint density at radius 2 is 2.05 bits per heavy atom. The van der Waals surface area contributed by atoms with Crippen LogP contribution < -0.4 is 0 Å². The lowest BCUT2D eigenvalue weighted by molar-refractivity contribution is 0.0595. The van der Waals surface area contributed by atoms with E-state index in [1.54, 1.807) is 12.1 Å². The maximum Gasteiger partial charge on any atom is 0.340 e. The van der Waals surface area contributed by atoms with Gasteiger partial charge in [-0.3, -0.25) is 4.98 Å². The van der Waals surface area contributed by atoms with E-state index in [0.29, 0.717) is 5.56 Å². The first-order valence-corrected chi connectivity index (χ1v) is 7.76. The summed E-state index contributed by atoms with van der Waals surface area (Å²) in [6.07, 6.45) is 3.92. The number of ether oxygens (including phenoxy) is 1. The molecule has 0 N–H and O–H groups in total. The van der Waals surface area contributed by atoms with Crippen molar-refractivity contribution in [3.63, 3.8) is 0 Å². The number of carbonyl (C=O) groups is 1. The second-order valence-electron chi connectivity index (χ2n) is 4.33. The Balaban J connectivity index is 2.77. The maximum absolute atomic E-state index is 14.0. The second-order valence-corrected chi connectivity index (χ2v) is 6.32. The van der Waals surface area contributed by atoms with Gasteiger partial charge in [-0.05, 0) is 18.2 Å². The second kappa shape index (κ2) is 5.61. The molecule has 110 valence electrons. The highest BCUT2D eigenvalue weighted by Crippen LogP contribution is 2.29. The highest BCUT2D eigenvalue weighted by Gasteiger charge is 2.22. The molecular formula is C14H12FNO4S. The van der Waals surface area contributed by atoms with Crippen molar-refractivity contribution < 1.29 is 22.3 Å². The summed E-state index contributed by atoms with van der Waals surface area (Å²) in [4.78, 5) is 15.2. The normalized spacial score (nSPS) is 11.2. The fourth-order valence-electron chi connectivity index (χ4n) is 1.87. The first-order chi connectivity index (χ1) is 9.84. The third-order valence-electron chi connectivity index (χ3n) is 2.85. The number of hydrogen-bond donors (Lipinski definition) is 0. The Kier molecular flexibility index (Phi) is 4.04. The predicted molar refractivity (Wildman–Crippen MR) is 74.1 cm³/mol. The molecule has 2 rings (SSSR count). The van der Waals surface area contributed by atoms with E-state index in [2.05, 4.69) is 9.72 Å². The first kappa shape index (κ1) is 15.1. The summed E-state index contributed by atoms with van der Waals surface area (Å²) in [5.74, 6) is -1.79. The third-order valence-corrected chi connectivity index (χ3v) is 3.98. The number of sulfone groups is 1. The van der Waals surface area contributed by atoms with Crippen molar-refractivity contribution in [1.29, 1.82) is 0 Å². The van der Waals surface area contributed by atoms with Crippen LogP contribution in [0.5, 0.6) is 0 Å². The lowest BCUT2D eigenvalue weighted by Gasteiger charge is -2.11. The fourth-order valence-corrected chi connectivity index (χ4v) is 2.78. The van der Waals surface area contributed by atoms with Crippen molar-refractivity contribution in [2.24, 2.45) is 0 Å². The molecule has 5 nitrogen and oxygen atoms in total. The summed E-state index contributed by atoms with van der Waals surface area (Å²) in [6.45, 7) is 0. The summed E-state index contributed by atoms with van der Waals surface area (Å²) in [6, 6.07) is 5.19. The van der Waals surface area contributed by atoms with E-state index < -0.39 is 27.2 Å². The summed E-state index contributed by atoms with van der Waals surface area (Å²) in [7, 11) is -2.57. The van der Waals surface area contributed by atoms with Crippen LogP contribution in [0.4, 0.5) is 4.39 Å². The number of methoxy groups -OCH3 is 1. The summed E-state index contributed by atoms with van der Waals surface area (Å²) in [5.41, 5.74) is 0.162. The van der Waals surface area contributed by atoms with Gasteiger partial charge in [0.25, 0.3) is 0 Å². The van der Waals surface area contributed by atoms with Crippen molar-refractivity contribution in [3.8, 4) is 11.1 Å². The SMILES string of the molecule is COC(=O)c1cc(S(C)(=O)=O)c(-c2cccnc2)cc1F. The van der Waals surface area contributed by atoms with Crippen molar-refractivity contribution in [2.45, 2.75) is 4.90 Å². The Morgan fingerprint density at radius 1 is 1.33 bits per heavy atom. The largest absolute Gasteiger partial charge is 0.465 e. The van der Waals surface area contributed by atoms with Gasteiger partial charge in [0.15, 0.2) is 9.84 Å². The minimum absolute atomic E-state index is 0.149. The van der Waals surface area contributed by atoms with Gasteiger partial charge in [-0.1, -0.05) is 6.07 Å². The molecule has 0 spiro atoms. The molecule has 0 aliphatic rings. The molecule has 1 heterocycles. The molecule has 21 heavy (non-hydrogen) atoms. The van der Waals surface area contributed by atoms with E-state index in [-0.39, 0.29) is 10.5 Å². The molecule has 0 saturated heterocycles. The summed E-state index contributed by atoms with van der Waals surface area (Å²) in [5, 5.41) is 0. The molecule has 7 heteroatoms. The highest BCUT2D eigenvalue weighted by atomic mass is 32.2. The zero-order valence-electron chi connectivity index (χ0n) is 11.3. The topological polar surface area (TPSA) is 73.3 Å². The molecule has 1 aromatic carbocycles. The van der Waals surface area contributed by atoms with Gasteiger partial charge in [-0.2, -0.15) is 0 Å². The minimum Gasteiger partial charge on any atom is -0.465 e. The minimum atomic E-state index is -3.66. The number of hydrogen-bond acceptors (Lipinski definition) is 5. The fraction of sp³-hybridized carbons (Fsp3) is 0.143. The van der Waals surface area contributed by atoms with E-state index in [1.807, 2.05) is 0 Å². The molecule has 0 fully saturated rings. The number of pyridine rings is 1.